The van der Waals surface area contributed by atoms with E-state index in [9.17, 15) is 9.59 Å². The molecule has 0 atom stereocenters. The van der Waals surface area contributed by atoms with Crippen LogP contribution in [0.15, 0.2) is 30.3 Å². The van der Waals surface area contributed by atoms with Gasteiger partial charge in [-0.15, -0.1) is 0 Å². The molecule has 1 aromatic carbocycles. The minimum Gasteiger partial charge on any atom is -0.481 e. The number of para-hydroxylation sites is 1. The van der Waals surface area contributed by atoms with E-state index in [4.69, 9.17) is 5.11 Å². The zero-order chi connectivity index (χ0) is 16.4. The number of aliphatic carboxylic acids is 1. The van der Waals surface area contributed by atoms with Crippen molar-refractivity contribution in [2.75, 3.05) is 13.1 Å². The minimum absolute atomic E-state index is 0.0116. The molecular formula is C18H20N2O3. The molecule has 2 heterocycles. The molecule has 1 aromatic heterocycles. The van der Waals surface area contributed by atoms with E-state index in [0.717, 1.165) is 29.4 Å². The third kappa shape index (κ3) is 3.33. The van der Waals surface area contributed by atoms with Crippen LogP contribution in [0.2, 0.25) is 0 Å². The number of carboxylic acids is 1. The number of likely N-dealkylation sites (tertiary alicyclic amines) is 1. The van der Waals surface area contributed by atoms with Gasteiger partial charge in [-0.1, -0.05) is 18.2 Å². The van der Waals surface area contributed by atoms with Gasteiger partial charge in [-0.25, -0.2) is 0 Å². The van der Waals surface area contributed by atoms with Crippen molar-refractivity contribution in [3.05, 3.63) is 41.6 Å². The number of aromatic nitrogens is 1. The third-order valence-electron chi connectivity index (χ3n) is 4.45. The lowest BCUT2D eigenvalue weighted by Gasteiger charge is -2.31. The Morgan fingerprint density at radius 2 is 1.96 bits per heavy atom. The van der Waals surface area contributed by atoms with Crippen LogP contribution in [0.4, 0.5) is 0 Å². The van der Waals surface area contributed by atoms with E-state index in [2.05, 4.69) is 4.98 Å². The van der Waals surface area contributed by atoms with Crippen LogP contribution in [-0.4, -0.2) is 40.0 Å². The molecule has 120 valence electrons. The average molecular weight is 312 g/mol. The van der Waals surface area contributed by atoms with E-state index in [0.29, 0.717) is 18.7 Å². The fourth-order valence-electron chi connectivity index (χ4n) is 3.17. The smallest absolute Gasteiger partial charge is 0.303 e. The van der Waals surface area contributed by atoms with Crippen LogP contribution in [-0.2, 0) is 4.79 Å². The number of amides is 1. The van der Waals surface area contributed by atoms with E-state index in [1.165, 1.54) is 0 Å². The second-order valence-corrected chi connectivity index (χ2v) is 6.16. The van der Waals surface area contributed by atoms with Crippen LogP contribution in [0.5, 0.6) is 0 Å². The zero-order valence-electron chi connectivity index (χ0n) is 13.2. The number of fused-ring (bicyclic) bond motifs is 1. The molecular weight excluding hydrogens is 292 g/mol. The normalized spacial score (nSPS) is 15.8. The maximum Gasteiger partial charge on any atom is 0.303 e. The number of rotatable bonds is 3. The first-order valence-electron chi connectivity index (χ1n) is 7.92. The number of hydrogen-bond donors (Lipinski definition) is 1. The van der Waals surface area contributed by atoms with Crippen LogP contribution in [0, 0.1) is 12.8 Å². The topological polar surface area (TPSA) is 70.5 Å². The molecule has 0 radical (unpaired) electrons. The number of carbonyl (C=O) groups is 2. The SMILES string of the molecule is Cc1ccc2cccc(C(=O)N3CCC(CC(=O)O)CC3)c2n1. The lowest BCUT2D eigenvalue weighted by molar-refractivity contribution is -0.138. The van der Waals surface area contributed by atoms with E-state index < -0.39 is 5.97 Å². The Labute approximate surface area is 134 Å². The number of benzene rings is 1. The summed E-state index contributed by atoms with van der Waals surface area (Å²) in [5, 5.41) is 9.83. The first kappa shape index (κ1) is 15.5. The quantitative estimate of drug-likeness (QED) is 0.946. The summed E-state index contributed by atoms with van der Waals surface area (Å²) in [5.41, 5.74) is 2.26. The predicted molar refractivity (Wildman–Crippen MR) is 87.4 cm³/mol. The summed E-state index contributed by atoms with van der Waals surface area (Å²) in [6.07, 6.45) is 1.68. The molecule has 3 rings (SSSR count). The molecule has 0 bridgehead atoms. The number of pyridine rings is 1. The van der Waals surface area contributed by atoms with E-state index in [1.54, 1.807) is 0 Å². The van der Waals surface area contributed by atoms with Gasteiger partial charge in [0.25, 0.3) is 5.91 Å². The van der Waals surface area contributed by atoms with Gasteiger partial charge in [-0.3, -0.25) is 14.6 Å². The number of carbonyl (C=O) groups excluding carboxylic acids is 1. The summed E-state index contributed by atoms with van der Waals surface area (Å²) in [5.74, 6) is -0.601. The molecule has 0 saturated carbocycles. The average Bonchev–Trinajstić information content (AvgIpc) is 2.54. The molecule has 1 aliphatic rings. The number of piperidine rings is 1. The fraction of sp³-hybridized carbons (Fsp3) is 0.389. The molecule has 1 saturated heterocycles. The standard InChI is InChI=1S/C18H20N2O3/c1-12-5-6-14-3-2-4-15(17(14)19-12)18(23)20-9-7-13(8-10-20)11-16(21)22/h2-6,13H,7-11H2,1H3,(H,21,22). The van der Waals surface area contributed by atoms with Crippen LogP contribution < -0.4 is 0 Å². The lowest BCUT2D eigenvalue weighted by atomic mass is 9.93. The van der Waals surface area contributed by atoms with Gasteiger partial charge in [-0.05, 0) is 37.8 Å². The van der Waals surface area contributed by atoms with E-state index in [-0.39, 0.29) is 18.2 Å². The van der Waals surface area contributed by atoms with Crippen molar-refractivity contribution in [2.45, 2.75) is 26.2 Å². The summed E-state index contributed by atoms with van der Waals surface area (Å²) in [7, 11) is 0. The molecule has 2 aromatic rings. The molecule has 5 nitrogen and oxygen atoms in total. The molecule has 5 heteroatoms. The van der Waals surface area contributed by atoms with Gasteiger partial charge >= 0.3 is 5.97 Å². The van der Waals surface area contributed by atoms with Crippen molar-refractivity contribution in [1.82, 2.24) is 9.88 Å². The van der Waals surface area contributed by atoms with Gasteiger partial charge in [0.05, 0.1) is 11.1 Å². The Hall–Kier alpha value is -2.43. The fourth-order valence-corrected chi connectivity index (χ4v) is 3.17. The summed E-state index contributed by atoms with van der Waals surface area (Å²) in [4.78, 5) is 30.0. The number of nitrogens with zero attached hydrogens (tertiary/aromatic N) is 2. The predicted octanol–water partition coefficient (Wildman–Crippen LogP) is 2.87. The summed E-state index contributed by atoms with van der Waals surface area (Å²) in [6.45, 7) is 3.13. The Morgan fingerprint density at radius 3 is 2.65 bits per heavy atom. The number of hydrogen-bond acceptors (Lipinski definition) is 3. The van der Waals surface area contributed by atoms with Crippen LogP contribution in [0.1, 0.15) is 35.3 Å². The van der Waals surface area contributed by atoms with Gasteiger partial charge in [0.1, 0.15) is 0 Å². The minimum atomic E-state index is -0.761. The molecule has 1 fully saturated rings. The van der Waals surface area contributed by atoms with Crippen LogP contribution in [0.25, 0.3) is 10.9 Å². The Bertz CT molecular complexity index is 749. The maximum atomic E-state index is 12.8. The van der Waals surface area contributed by atoms with Crippen LogP contribution >= 0.6 is 0 Å². The van der Waals surface area contributed by atoms with Crippen molar-refractivity contribution in [3.63, 3.8) is 0 Å². The second-order valence-electron chi connectivity index (χ2n) is 6.16. The Balaban J connectivity index is 1.79. The van der Waals surface area contributed by atoms with Crippen LogP contribution in [0.3, 0.4) is 0 Å². The molecule has 1 aliphatic heterocycles. The molecule has 0 unspecified atom stereocenters. The van der Waals surface area contributed by atoms with Gasteiger partial charge in [0, 0.05) is 30.6 Å². The highest BCUT2D eigenvalue weighted by molar-refractivity contribution is 6.05. The molecule has 1 N–H and O–H groups in total. The Kier molecular flexibility index (Phi) is 4.28. The lowest BCUT2D eigenvalue weighted by Crippen LogP contribution is -2.39. The van der Waals surface area contributed by atoms with Crippen molar-refractivity contribution in [2.24, 2.45) is 5.92 Å². The highest BCUT2D eigenvalue weighted by atomic mass is 16.4. The van der Waals surface area contributed by atoms with E-state index in [1.807, 2.05) is 42.2 Å². The summed E-state index contributed by atoms with van der Waals surface area (Å²) < 4.78 is 0. The van der Waals surface area contributed by atoms with Gasteiger partial charge in [-0.2, -0.15) is 0 Å². The first-order chi connectivity index (χ1) is 11.0. The van der Waals surface area contributed by atoms with Gasteiger partial charge in [0.2, 0.25) is 0 Å². The molecule has 0 spiro atoms. The number of carboxylic acid groups (broad SMARTS) is 1. The molecule has 0 aliphatic carbocycles. The zero-order valence-corrected chi connectivity index (χ0v) is 13.2. The molecule has 23 heavy (non-hydrogen) atoms. The van der Waals surface area contributed by atoms with Gasteiger partial charge < -0.3 is 10.0 Å². The third-order valence-corrected chi connectivity index (χ3v) is 4.45. The summed E-state index contributed by atoms with van der Waals surface area (Å²) in [6, 6.07) is 9.57. The van der Waals surface area contributed by atoms with E-state index >= 15 is 0 Å². The Morgan fingerprint density at radius 1 is 1.22 bits per heavy atom. The first-order valence-corrected chi connectivity index (χ1v) is 7.92. The second kappa shape index (κ2) is 6.36. The maximum absolute atomic E-state index is 12.8. The van der Waals surface area contributed by atoms with Crippen molar-refractivity contribution < 1.29 is 14.7 Å². The monoisotopic (exact) mass is 312 g/mol. The largest absolute Gasteiger partial charge is 0.481 e. The van der Waals surface area contributed by atoms with Crippen molar-refractivity contribution in [1.29, 1.82) is 0 Å². The molecule has 1 amide bonds. The van der Waals surface area contributed by atoms with Crippen molar-refractivity contribution in [3.8, 4) is 0 Å². The highest BCUT2D eigenvalue weighted by Crippen LogP contribution is 2.24. The number of aryl methyl sites for hydroxylation is 1. The van der Waals surface area contributed by atoms with Crippen molar-refractivity contribution >= 4 is 22.8 Å². The summed E-state index contributed by atoms with van der Waals surface area (Å²) >= 11 is 0. The highest BCUT2D eigenvalue weighted by Gasteiger charge is 2.26. The van der Waals surface area contributed by atoms with Gasteiger partial charge in [0.15, 0.2) is 0 Å².